The molecule has 2 aromatic rings. The second-order valence-corrected chi connectivity index (χ2v) is 6.34. The van der Waals surface area contributed by atoms with Gasteiger partial charge in [0.1, 0.15) is 23.7 Å². The van der Waals surface area contributed by atoms with Crippen LogP contribution in [-0.4, -0.2) is 29.8 Å². The molecule has 0 aliphatic heterocycles. The highest BCUT2D eigenvalue weighted by atomic mass is 19.1. The van der Waals surface area contributed by atoms with Crippen LogP contribution in [0.4, 0.5) is 8.78 Å². The maximum absolute atomic E-state index is 13.9. The van der Waals surface area contributed by atoms with Crippen LogP contribution in [0.15, 0.2) is 48.5 Å². The Morgan fingerprint density at radius 2 is 1.57 bits per heavy atom. The number of nitrogens with one attached hydrogen (secondary N) is 2. The van der Waals surface area contributed by atoms with Crippen molar-refractivity contribution in [3.63, 3.8) is 0 Å². The maximum Gasteiger partial charge on any atom is 0.243 e. The predicted octanol–water partition coefficient (Wildman–Crippen LogP) is 1.22. The Morgan fingerprint density at radius 1 is 0.929 bits per heavy atom. The molecule has 0 aromatic heterocycles. The number of hydrogen-bond donors (Lipinski definition) is 3. The van der Waals surface area contributed by atoms with Crippen molar-refractivity contribution < 1.29 is 23.2 Å². The quantitative estimate of drug-likeness (QED) is 0.633. The molecule has 0 fully saturated rings. The van der Waals surface area contributed by atoms with Gasteiger partial charge in [0.25, 0.3) is 0 Å². The van der Waals surface area contributed by atoms with Crippen LogP contribution in [0.3, 0.4) is 0 Å². The van der Waals surface area contributed by atoms with Crippen LogP contribution >= 0.6 is 0 Å². The molecule has 8 heteroatoms. The van der Waals surface area contributed by atoms with Gasteiger partial charge in [-0.15, -0.1) is 0 Å². The van der Waals surface area contributed by atoms with Gasteiger partial charge in [0.05, 0.1) is 0 Å². The number of carbonyl (C=O) groups excluding carboxylic acids is 3. The second kappa shape index (κ2) is 9.59. The van der Waals surface area contributed by atoms with Gasteiger partial charge in [0, 0.05) is 19.8 Å². The fourth-order valence-electron chi connectivity index (χ4n) is 2.69. The Balaban J connectivity index is 2.14. The molecule has 0 bridgehead atoms. The molecule has 0 heterocycles. The number of nitrogens with two attached hydrogens (primary N) is 1. The van der Waals surface area contributed by atoms with E-state index in [0.29, 0.717) is 5.56 Å². The molecule has 28 heavy (non-hydrogen) atoms. The summed E-state index contributed by atoms with van der Waals surface area (Å²) in [5.41, 5.74) is 6.20. The lowest BCUT2D eigenvalue weighted by atomic mass is 10.0. The number of hydrogen-bond acceptors (Lipinski definition) is 3. The molecule has 0 unspecified atom stereocenters. The molecule has 0 saturated heterocycles. The number of primary amides is 1. The fraction of sp³-hybridized carbons (Fsp3) is 0.250. The topological polar surface area (TPSA) is 101 Å². The molecular formula is C20H21F2N3O3. The first-order valence-electron chi connectivity index (χ1n) is 8.61. The third-order valence-corrected chi connectivity index (χ3v) is 4.09. The van der Waals surface area contributed by atoms with Crippen LogP contribution < -0.4 is 16.4 Å². The molecule has 6 nitrogen and oxygen atoms in total. The summed E-state index contributed by atoms with van der Waals surface area (Å²) in [7, 11) is 0. The Morgan fingerprint density at radius 3 is 2.14 bits per heavy atom. The van der Waals surface area contributed by atoms with Gasteiger partial charge < -0.3 is 16.4 Å². The third kappa shape index (κ3) is 6.15. The molecule has 4 N–H and O–H groups in total. The van der Waals surface area contributed by atoms with Crippen LogP contribution in [0.1, 0.15) is 18.1 Å². The highest BCUT2D eigenvalue weighted by molar-refractivity contribution is 5.91. The summed E-state index contributed by atoms with van der Waals surface area (Å²) >= 11 is 0. The summed E-state index contributed by atoms with van der Waals surface area (Å²) in [6, 6.07) is 9.12. The minimum absolute atomic E-state index is 0.0494. The minimum atomic E-state index is -1.09. The molecule has 2 rings (SSSR count). The van der Waals surface area contributed by atoms with E-state index in [1.165, 1.54) is 49.4 Å². The Labute approximate surface area is 161 Å². The van der Waals surface area contributed by atoms with Gasteiger partial charge in [-0.25, -0.2) is 8.78 Å². The predicted molar refractivity (Wildman–Crippen MR) is 98.9 cm³/mol. The summed E-state index contributed by atoms with van der Waals surface area (Å²) in [5, 5.41) is 4.93. The highest BCUT2D eigenvalue weighted by Crippen LogP contribution is 2.11. The number of carbonyl (C=O) groups is 3. The first kappa shape index (κ1) is 21.0. The van der Waals surface area contributed by atoms with Gasteiger partial charge in [-0.1, -0.05) is 30.3 Å². The van der Waals surface area contributed by atoms with E-state index in [4.69, 9.17) is 5.73 Å². The number of halogens is 2. The lowest BCUT2D eigenvalue weighted by molar-refractivity contribution is -0.130. The van der Waals surface area contributed by atoms with Crippen molar-refractivity contribution in [2.45, 2.75) is 31.8 Å². The normalized spacial score (nSPS) is 12.7. The highest BCUT2D eigenvalue weighted by Gasteiger charge is 2.26. The Bertz CT molecular complexity index is 856. The van der Waals surface area contributed by atoms with Crippen molar-refractivity contribution in [1.29, 1.82) is 0 Å². The number of benzene rings is 2. The molecule has 0 spiro atoms. The summed E-state index contributed by atoms with van der Waals surface area (Å²) in [5.74, 6) is -2.89. The standard InChI is InChI=1S/C20H21F2N3O3/c1-12(26)24-18(11-14-4-2-3-5-16(14)22)20(28)25-17(19(23)27)10-13-6-8-15(21)9-7-13/h2-9,17-18H,10-11H2,1H3,(H2,23,27)(H,24,26)(H,25,28)/t17-,18+/m0/s1. The lowest BCUT2D eigenvalue weighted by Crippen LogP contribution is -2.54. The largest absolute Gasteiger partial charge is 0.368 e. The van der Waals surface area contributed by atoms with Crippen LogP contribution in [0, 0.1) is 11.6 Å². The van der Waals surface area contributed by atoms with Gasteiger partial charge in [0.15, 0.2) is 0 Å². The van der Waals surface area contributed by atoms with Crippen molar-refractivity contribution in [2.24, 2.45) is 5.73 Å². The second-order valence-electron chi connectivity index (χ2n) is 6.34. The Kier molecular flexibility index (Phi) is 7.20. The van der Waals surface area contributed by atoms with E-state index in [2.05, 4.69) is 10.6 Å². The van der Waals surface area contributed by atoms with Gasteiger partial charge in [-0.3, -0.25) is 14.4 Å². The van der Waals surface area contributed by atoms with E-state index in [0.717, 1.165) is 0 Å². The molecule has 2 atom stereocenters. The summed E-state index contributed by atoms with van der Waals surface area (Å²) < 4.78 is 26.9. The van der Waals surface area contributed by atoms with Crippen molar-refractivity contribution in [3.05, 3.63) is 71.3 Å². The molecule has 148 valence electrons. The van der Waals surface area contributed by atoms with Crippen molar-refractivity contribution >= 4 is 17.7 Å². The van der Waals surface area contributed by atoms with Crippen LogP contribution in [-0.2, 0) is 27.2 Å². The fourth-order valence-corrected chi connectivity index (χ4v) is 2.69. The minimum Gasteiger partial charge on any atom is -0.368 e. The molecule has 0 aliphatic rings. The number of rotatable bonds is 8. The zero-order chi connectivity index (χ0) is 20.7. The van der Waals surface area contributed by atoms with Gasteiger partial charge in [-0.2, -0.15) is 0 Å². The zero-order valence-corrected chi connectivity index (χ0v) is 15.2. The monoisotopic (exact) mass is 389 g/mol. The van der Waals surface area contributed by atoms with E-state index in [9.17, 15) is 23.2 Å². The van der Waals surface area contributed by atoms with Crippen LogP contribution in [0.25, 0.3) is 0 Å². The van der Waals surface area contributed by atoms with Crippen molar-refractivity contribution in [2.75, 3.05) is 0 Å². The SMILES string of the molecule is CC(=O)N[C@H](Cc1ccccc1F)C(=O)N[C@@H](Cc1ccc(F)cc1)C(N)=O. The average molecular weight is 389 g/mol. The first-order chi connectivity index (χ1) is 13.3. The molecular weight excluding hydrogens is 368 g/mol. The molecule has 0 radical (unpaired) electrons. The Hall–Kier alpha value is -3.29. The average Bonchev–Trinajstić information content (AvgIpc) is 2.63. The lowest BCUT2D eigenvalue weighted by Gasteiger charge is -2.22. The van der Waals surface area contributed by atoms with Gasteiger partial charge in [-0.05, 0) is 29.3 Å². The van der Waals surface area contributed by atoms with Gasteiger partial charge >= 0.3 is 0 Å². The summed E-state index contributed by atoms with van der Waals surface area (Å²) in [6.45, 7) is 1.23. The van der Waals surface area contributed by atoms with Crippen LogP contribution in [0.2, 0.25) is 0 Å². The van der Waals surface area contributed by atoms with E-state index in [-0.39, 0.29) is 18.4 Å². The summed E-state index contributed by atoms with van der Waals surface area (Å²) in [6.07, 6.45) is -0.0477. The summed E-state index contributed by atoms with van der Waals surface area (Å²) in [4.78, 5) is 35.9. The van der Waals surface area contributed by atoms with Gasteiger partial charge in [0.2, 0.25) is 17.7 Å². The van der Waals surface area contributed by atoms with Crippen LogP contribution in [0.5, 0.6) is 0 Å². The molecule has 0 aliphatic carbocycles. The molecule has 3 amide bonds. The third-order valence-electron chi connectivity index (χ3n) is 4.09. The zero-order valence-electron chi connectivity index (χ0n) is 15.2. The van der Waals surface area contributed by atoms with Crippen molar-refractivity contribution in [3.8, 4) is 0 Å². The number of amides is 3. The smallest absolute Gasteiger partial charge is 0.243 e. The molecule has 2 aromatic carbocycles. The maximum atomic E-state index is 13.9. The van der Waals surface area contributed by atoms with E-state index in [1.54, 1.807) is 6.07 Å². The van der Waals surface area contributed by atoms with E-state index >= 15 is 0 Å². The molecule has 0 saturated carbocycles. The first-order valence-corrected chi connectivity index (χ1v) is 8.61. The van der Waals surface area contributed by atoms with E-state index in [1.807, 2.05) is 0 Å². The van der Waals surface area contributed by atoms with Crippen molar-refractivity contribution in [1.82, 2.24) is 10.6 Å². The van der Waals surface area contributed by atoms with E-state index < -0.39 is 41.4 Å².